The Bertz CT molecular complexity index is 1180. The van der Waals surface area contributed by atoms with E-state index < -0.39 is 17.7 Å². The number of benzene rings is 1. The first-order chi connectivity index (χ1) is 15.5. The van der Waals surface area contributed by atoms with Crippen molar-refractivity contribution in [2.45, 2.75) is 46.8 Å². The van der Waals surface area contributed by atoms with Gasteiger partial charge in [0.15, 0.2) is 0 Å². The van der Waals surface area contributed by atoms with Crippen LogP contribution in [-0.2, 0) is 16.0 Å². The maximum absolute atomic E-state index is 13.7. The standard InChI is InChI=1S/C25H29N3O5/c1-16-20(22(29)19-13-10-14-27(19)15-18-11-8-7-9-12-18)21(23(30)32-6)17(2)28(16)26-24(31)33-25(3,4)5/h7-14H,15H2,1-6H3,(H,26,31). The molecule has 3 rings (SSSR count). The van der Waals surface area contributed by atoms with Gasteiger partial charge in [0, 0.05) is 18.4 Å². The first-order valence-corrected chi connectivity index (χ1v) is 10.6. The monoisotopic (exact) mass is 451 g/mol. The second kappa shape index (κ2) is 9.36. The number of amides is 1. The van der Waals surface area contributed by atoms with Crippen molar-refractivity contribution in [2.75, 3.05) is 12.5 Å². The highest BCUT2D eigenvalue weighted by molar-refractivity contribution is 6.15. The lowest BCUT2D eigenvalue weighted by Gasteiger charge is -2.21. The molecule has 0 aliphatic heterocycles. The van der Waals surface area contributed by atoms with Crippen LogP contribution in [-0.4, -0.2) is 39.8 Å². The largest absolute Gasteiger partial charge is 0.465 e. The van der Waals surface area contributed by atoms with Crippen LogP contribution < -0.4 is 5.43 Å². The molecule has 0 aliphatic rings. The molecule has 0 saturated heterocycles. The molecule has 0 aliphatic carbocycles. The molecule has 1 N–H and O–H groups in total. The van der Waals surface area contributed by atoms with Gasteiger partial charge in [0.2, 0.25) is 5.78 Å². The number of nitrogens with one attached hydrogen (secondary N) is 1. The van der Waals surface area contributed by atoms with E-state index in [2.05, 4.69) is 5.43 Å². The summed E-state index contributed by atoms with van der Waals surface area (Å²) in [6.45, 7) is 9.04. The van der Waals surface area contributed by atoms with Gasteiger partial charge in [-0.1, -0.05) is 30.3 Å². The number of carbonyl (C=O) groups excluding carboxylic acids is 3. The summed E-state index contributed by atoms with van der Waals surface area (Å²) in [6.07, 6.45) is 1.11. The lowest BCUT2D eigenvalue weighted by Crippen LogP contribution is -2.32. The molecule has 2 aromatic heterocycles. The number of aromatic nitrogens is 2. The second-order valence-electron chi connectivity index (χ2n) is 8.70. The van der Waals surface area contributed by atoms with Gasteiger partial charge in [-0.25, -0.2) is 15.0 Å². The topological polar surface area (TPSA) is 91.6 Å². The number of rotatable bonds is 6. The molecule has 0 atom stereocenters. The first-order valence-electron chi connectivity index (χ1n) is 10.6. The van der Waals surface area contributed by atoms with Gasteiger partial charge in [-0.2, -0.15) is 0 Å². The molecule has 0 unspecified atom stereocenters. The highest BCUT2D eigenvalue weighted by Gasteiger charge is 2.31. The number of methoxy groups -OCH3 is 1. The summed E-state index contributed by atoms with van der Waals surface area (Å²) in [5.74, 6) is -1.01. The zero-order chi connectivity index (χ0) is 24.3. The molecule has 2 heterocycles. The molecule has 1 aromatic carbocycles. The Morgan fingerprint density at radius 2 is 1.58 bits per heavy atom. The van der Waals surface area contributed by atoms with Crippen molar-refractivity contribution in [3.05, 3.63) is 82.4 Å². The maximum Gasteiger partial charge on any atom is 0.426 e. The number of ether oxygens (including phenoxy) is 2. The van der Waals surface area contributed by atoms with Crippen molar-refractivity contribution in [1.29, 1.82) is 0 Å². The van der Waals surface area contributed by atoms with Crippen molar-refractivity contribution in [3.8, 4) is 0 Å². The van der Waals surface area contributed by atoms with Crippen LogP contribution in [0.2, 0.25) is 0 Å². The molecular formula is C25H29N3O5. The summed E-state index contributed by atoms with van der Waals surface area (Å²) < 4.78 is 13.5. The molecule has 1 amide bonds. The van der Waals surface area contributed by atoms with Crippen molar-refractivity contribution in [2.24, 2.45) is 0 Å². The minimum Gasteiger partial charge on any atom is -0.465 e. The van der Waals surface area contributed by atoms with Gasteiger partial charge in [0.05, 0.1) is 29.6 Å². The lowest BCUT2D eigenvalue weighted by molar-refractivity contribution is 0.0587. The van der Waals surface area contributed by atoms with Gasteiger partial charge >= 0.3 is 12.1 Å². The first kappa shape index (κ1) is 23.8. The van der Waals surface area contributed by atoms with Crippen LogP contribution in [0.3, 0.4) is 0 Å². The number of hydrogen-bond donors (Lipinski definition) is 1. The normalized spacial score (nSPS) is 11.2. The fourth-order valence-electron chi connectivity index (χ4n) is 3.69. The molecule has 0 radical (unpaired) electrons. The third-order valence-electron chi connectivity index (χ3n) is 5.12. The quantitative estimate of drug-likeness (QED) is 0.442. The molecule has 33 heavy (non-hydrogen) atoms. The summed E-state index contributed by atoms with van der Waals surface area (Å²) in [5.41, 5.74) is 4.40. The number of nitrogens with zero attached hydrogens (tertiary/aromatic N) is 2. The van der Waals surface area contributed by atoms with Gasteiger partial charge < -0.3 is 14.0 Å². The predicted octanol–water partition coefficient (Wildman–Crippen LogP) is 4.45. The molecule has 0 bridgehead atoms. The SMILES string of the molecule is COC(=O)c1c(C(=O)c2cccn2Cc2ccccc2)c(C)n(NC(=O)OC(C)(C)C)c1C. The highest BCUT2D eigenvalue weighted by atomic mass is 16.6. The van der Waals surface area contributed by atoms with Crippen molar-refractivity contribution >= 4 is 17.8 Å². The van der Waals surface area contributed by atoms with Crippen LogP contribution in [0.5, 0.6) is 0 Å². The summed E-state index contributed by atoms with van der Waals surface area (Å²) >= 11 is 0. The highest BCUT2D eigenvalue weighted by Crippen LogP contribution is 2.26. The van der Waals surface area contributed by atoms with Gasteiger partial charge in [0.25, 0.3) is 0 Å². The average Bonchev–Trinajstić information content (AvgIpc) is 3.30. The number of hydrogen-bond acceptors (Lipinski definition) is 5. The van der Waals surface area contributed by atoms with Crippen LogP contribution in [0.4, 0.5) is 4.79 Å². The Morgan fingerprint density at radius 3 is 2.18 bits per heavy atom. The molecule has 0 fully saturated rings. The van der Waals surface area contributed by atoms with E-state index in [4.69, 9.17) is 9.47 Å². The van der Waals surface area contributed by atoms with E-state index in [0.29, 0.717) is 23.6 Å². The van der Waals surface area contributed by atoms with Gasteiger partial charge in [-0.05, 0) is 52.3 Å². The Hall–Kier alpha value is -3.81. The average molecular weight is 452 g/mol. The minimum absolute atomic E-state index is 0.100. The van der Waals surface area contributed by atoms with E-state index in [9.17, 15) is 14.4 Å². The van der Waals surface area contributed by atoms with Gasteiger partial charge in [-0.15, -0.1) is 0 Å². The number of carbonyl (C=O) groups is 3. The van der Waals surface area contributed by atoms with E-state index in [1.807, 2.05) is 41.1 Å². The molecular weight excluding hydrogens is 422 g/mol. The Balaban J connectivity index is 2.04. The van der Waals surface area contributed by atoms with Crippen LogP contribution in [0, 0.1) is 13.8 Å². The van der Waals surface area contributed by atoms with E-state index in [1.165, 1.54) is 11.8 Å². The van der Waals surface area contributed by atoms with Crippen molar-refractivity contribution < 1.29 is 23.9 Å². The number of esters is 1. The third-order valence-corrected chi connectivity index (χ3v) is 5.12. The molecule has 3 aromatic rings. The summed E-state index contributed by atoms with van der Waals surface area (Å²) in [6, 6.07) is 13.2. The van der Waals surface area contributed by atoms with Crippen LogP contribution in [0.1, 0.15) is 64.1 Å². The van der Waals surface area contributed by atoms with Gasteiger partial charge in [-0.3, -0.25) is 9.47 Å². The molecule has 8 nitrogen and oxygen atoms in total. The van der Waals surface area contributed by atoms with Crippen LogP contribution in [0.15, 0.2) is 48.7 Å². The van der Waals surface area contributed by atoms with E-state index >= 15 is 0 Å². The summed E-state index contributed by atoms with van der Waals surface area (Å²) in [4.78, 5) is 38.7. The summed E-state index contributed by atoms with van der Waals surface area (Å²) in [7, 11) is 1.25. The number of ketones is 1. The van der Waals surface area contributed by atoms with E-state index in [1.54, 1.807) is 46.8 Å². The third kappa shape index (κ3) is 5.16. The lowest BCUT2D eigenvalue weighted by atomic mass is 10.0. The molecule has 0 spiro atoms. The Labute approximate surface area is 193 Å². The van der Waals surface area contributed by atoms with Crippen molar-refractivity contribution in [1.82, 2.24) is 9.24 Å². The summed E-state index contributed by atoms with van der Waals surface area (Å²) in [5, 5.41) is 0. The van der Waals surface area contributed by atoms with Crippen molar-refractivity contribution in [3.63, 3.8) is 0 Å². The van der Waals surface area contributed by atoms with E-state index in [-0.39, 0.29) is 16.9 Å². The molecule has 174 valence electrons. The van der Waals surface area contributed by atoms with E-state index in [0.717, 1.165) is 5.56 Å². The zero-order valence-corrected chi connectivity index (χ0v) is 19.8. The second-order valence-corrected chi connectivity index (χ2v) is 8.70. The Morgan fingerprint density at radius 1 is 0.939 bits per heavy atom. The van der Waals surface area contributed by atoms with Crippen LogP contribution >= 0.6 is 0 Å². The predicted molar refractivity (Wildman–Crippen MR) is 124 cm³/mol. The fourth-order valence-corrected chi connectivity index (χ4v) is 3.69. The van der Waals surface area contributed by atoms with Crippen LogP contribution in [0.25, 0.3) is 0 Å². The fraction of sp³-hybridized carbons (Fsp3) is 0.320. The Kier molecular flexibility index (Phi) is 6.76. The molecule has 0 saturated carbocycles. The zero-order valence-electron chi connectivity index (χ0n) is 19.8. The molecule has 8 heteroatoms. The van der Waals surface area contributed by atoms with Gasteiger partial charge in [0.1, 0.15) is 5.60 Å². The maximum atomic E-state index is 13.7. The smallest absolute Gasteiger partial charge is 0.426 e. The minimum atomic E-state index is -0.707.